The summed E-state index contributed by atoms with van der Waals surface area (Å²) in [5.41, 5.74) is 2.27. The van der Waals surface area contributed by atoms with E-state index in [0.29, 0.717) is 23.7 Å². The third-order valence-electron chi connectivity index (χ3n) is 3.45. The second-order valence-corrected chi connectivity index (χ2v) is 4.97. The summed E-state index contributed by atoms with van der Waals surface area (Å²) in [5, 5.41) is 10.2. The lowest BCUT2D eigenvalue weighted by Gasteiger charge is -2.32. The molecule has 0 bridgehead atoms. The van der Waals surface area contributed by atoms with Gasteiger partial charge in [-0.25, -0.2) is 4.63 Å². The van der Waals surface area contributed by atoms with Gasteiger partial charge in [-0.2, -0.15) is 0 Å². The molecule has 1 aromatic heterocycles. The van der Waals surface area contributed by atoms with Crippen molar-refractivity contribution in [2.45, 2.75) is 19.6 Å². The number of hydrogen-bond acceptors (Lipinski definition) is 6. The zero-order valence-corrected chi connectivity index (χ0v) is 11.9. The number of nitrogens with one attached hydrogen (secondary N) is 1. The number of aromatic nitrogens is 2. The first kappa shape index (κ1) is 13.4. The molecule has 1 aromatic carbocycles. The van der Waals surface area contributed by atoms with Gasteiger partial charge in [-0.15, -0.1) is 0 Å². The van der Waals surface area contributed by atoms with Crippen LogP contribution in [0.1, 0.15) is 11.4 Å². The molecule has 7 heteroatoms. The Morgan fingerprint density at radius 3 is 3.00 bits per heavy atom. The number of anilines is 1. The van der Waals surface area contributed by atoms with E-state index in [1.165, 1.54) is 0 Å². The molecule has 110 valence electrons. The second kappa shape index (κ2) is 5.43. The Bertz CT molecular complexity index is 655. The van der Waals surface area contributed by atoms with Gasteiger partial charge in [0.05, 0.1) is 18.8 Å². The lowest BCUT2D eigenvalue weighted by Crippen LogP contribution is -2.47. The van der Waals surface area contributed by atoms with Gasteiger partial charge in [0.15, 0.2) is 6.10 Å². The number of fused-ring (bicyclic) bond motifs is 1. The molecule has 1 N–H and O–H groups in total. The van der Waals surface area contributed by atoms with E-state index in [4.69, 9.17) is 4.74 Å². The normalized spacial score (nSPS) is 17.0. The van der Waals surface area contributed by atoms with Crippen LogP contribution in [0.4, 0.5) is 5.69 Å². The molecule has 2 aromatic rings. The third-order valence-corrected chi connectivity index (χ3v) is 3.45. The maximum Gasteiger partial charge on any atom is 0.263 e. The molecule has 2 heterocycles. The number of nitrogens with zero attached hydrogens (tertiary/aromatic N) is 3. The Hall–Kier alpha value is -2.57. The Morgan fingerprint density at radius 2 is 2.24 bits per heavy atom. The highest BCUT2D eigenvalue weighted by Gasteiger charge is 2.28. The van der Waals surface area contributed by atoms with Crippen LogP contribution >= 0.6 is 0 Å². The number of rotatable bonds is 3. The number of para-hydroxylation sites is 2. The summed E-state index contributed by atoms with van der Waals surface area (Å²) in [5.74, 6) is 0.532. The largest absolute Gasteiger partial charge is 0.477 e. The quantitative estimate of drug-likeness (QED) is 0.903. The topological polar surface area (TPSA) is 80.5 Å². The lowest BCUT2D eigenvalue weighted by molar-refractivity contribution is -0.128. The average Bonchev–Trinajstić information content (AvgIpc) is 2.90. The Morgan fingerprint density at radius 1 is 1.43 bits per heavy atom. The fourth-order valence-corrected chi connectivity index (χ4v) is 2.24. The van der Waals surface area contributed by atoms with Crippen molar-refractivity contribution in [1.82, 2.24) is 15.6 Å². The molecule has 1 aliphatic rings. The number of likely N-dealkylation sites (N-methyl/N-ethyl adjacent to an activating group) is 1. The van der Waals surface area contributed by atoms with E-state index in [1.54, 1.807) is 6.92 Å². The first-order valence-corrected chi connectivity index (χ1v) is 6.67. The molecule has 1 amide bonds. The van der Waals surface area contributed by atoms with E-state index in [9.17, 15) is 4.79 Å². The molecule has 0 saturated heterocycles. The van der Waals surface area contributed by atoms with Crippen LogP contribution < -0.4 is 15.0 Å². The number of carbonyl (C=O) groups is 1. The highest BCUT2D eigenvalue weighted by molar-refractivity contribution is 5.83. The van der Waals surface area contributed by atoms with Crippen molar-refractivity contribution >= 4 is 11.6 Å². The summed E-state index contributed by atoms with van der Waals surface area (Å²) in [6.07, 6.45) is -0.551. The summed E-state index contributed by atoms with van der Waals surface area (Å²) in [4.78, 5) is 14.2. The first-order valence-electron chi connectivity index (χ1n) is 6.67. The zero-order valence-electron chi connectivity index (χ0n) is 11.9. The van der Waals surface area contributed by atoms with E-state index >= 15 is 0 Å². The summed E-state index contributed by atoms with van der Waals surface area (Å²) < 4.78 is 10.3. The molecule has 21 heavy (non-hydrogen) atoms. The smallest absolute Gasteiger partial charge is 0.263 e. The molecule has 0 radical (unpaired) electrons. The summed E-state index contributed by atoms with van der Waals surface area (Å²) in [7, 11) is 1.94. The molecular formula is C14H16N4O3. The van der Waals surface area contributed by atoms with Crippen LogP contribution in [0.25, 0.3) is 0 Å². The van der Waals surface area contributed by atoms with E-state index in [0.717, 1.165) is 5.69 Å². The fraction of sp³-hybridized carbons (Fsp3) is 0.357. The predicted octanol–water partition coefficient (Wildman–Crippen LogP) is 0.892. The highest BCUT2D eigenvalue weighted by atomic mass is 16.6. The van der Waals surface area contributed by atoms with Gasteiger partial charge < -0.3 is 15.0 Å². The molecule has 0 saturated carbocycles. The van der Waals surface area contributed by atoms with Crippen LogP contribution in [0.5, 0.6) is 5.75 Å². The van der Waals surface area contributed by atoms with Crippen molar-refractivity contribution in [3.05, 3.63) is 35.7 Å². The first-order chi connectivity index (χ1) is 10.1. The number of hydrogen-bond donors (Lipinski definition) is 1. The van der Waals surface area contributed by atoms with Crippen LogP contribution in [0.3, 0.4) is 0 Å². The molecule has 3 rings (SSSR count). The maximum atomic E-state index is 12.2. The molecule has 0 unspecified atom stereocenters. The van der Waals surface area contributed by atoms with Crippen molar-refractivity contribution in [2.24, 2.45) is 0 Å². The maximum absolute atomic E-state index is 12.2. The minimum atomic E-state index is -0.551. The highest BCUT2D eigenvalue weighted by Crippen LogP contribution is 2.31. The molecule has 0 aliphatic carbocycles. The standard InChI is InChI=1S/C14H16N4O3/c1-9-10(17-21-16-9)7-15-14(19)13-8-18(2)11-5-3-4-6-12(11)20-13/h3-6,13H,7-8H2,1-2H3,(H,15,19)/t13-/m0/s1. The summed E-state index contributed by atoms with van der Waals surface area (Å²) in [6, 6.07) is 7.65. The monoisotopic (exact) mass is 288 g/mol. The Labute approximate surface area is 121 Å². The van der Waals surface area contributed by atoms with Crippen LogP contribution in [0.2, 0.25) is 0 Å². The Kier molecular flexibility index (Phi) is 3.47. The van der Waals surface area contributed by atoms with Crippen molar-refractivity contribution in [3.8, 4) is 5.75 Å². The van der Waals surface area contributed by atoms with Gasteiger partial charge in [0.25, 0.3) is 5.91 Å². The minimum absolute atomic E-state index is 0.182. The number of amides is 1. The van der Waals surface area contributed by atoms with Crippen molar-refractivity contribution in [2.75, 3.05) is 18.5 Å². The van der Waals surface area contributed by atoms with Crippen LogP contribution in [0.15, 0.2) is 28.9 Å². The van der Waals surface area contributed by atoms with Gasteiger partial charge in [-0.1, -0.05) is 22.4 Å². The molecule has 1 aliphatic heterocycles. The van der Waals surface area contributed by atoms with E-state index in [2.05, 4.69) is 20.3 Å². The van der Waals surface area contributed by atoms with Crippen LogP contribution in [-0.4, -0.2) is 35.9 Å². The van der Waals surface area contributed by atoms with Gasteiger partial charge in [0, 0.05) is 7.05 Å². The number of carbonyl (C=O) groups excluding carboxylic acids is 1. The summed E-state index contributed by atoms with van der Waals surface area (Å²) >= 11 is 0. The van der Waals surface area contributed by atoms with E-state index in [1.807, 2.05) is 36.2 Å². The predicted molar refractivity (Wildman–Crippen MR) is 75.0 cm³/mol. The van der Waals surface area contributed by atoms with Gasteiger partial charge in [-0.3, -0.25) is 4.79 Å². The minimum Gasteiger partial charge on any atom is -0.477 e. The lowest BCUT2D eigenvalue weighted by atomic mass is 10.2. The van der Waals surface area contributed by atoms with Gasteiger partial charge in [-0.05, 0) is 19.1 Å². The number of ether oxygens (including phenoxy) is 1. The zero-order chi connectivity index (χ0) is 14.8. The molecular weight excluding hydrogens is 272 g/mol. The van der Waals surface area contributed by atoms with E-state index < -0.39 is 6.10 Å². The van der Waals surface area contributed by atoms with Crippen LogP contribution in [0, 0.1) is 6.92 Å². The summed E-state index contributed by atoms with van der Waals surface area (Å²) in [6.45, 7) is 2.55. The van der Waals surface area contributed by atoms with Crippen molar-refractivity contribution < 1.29 is 14.2 Å². The van der Waals surface area contributed by atoms with Gasteiger partial charge >= 0.3 is 0 Å². The number of aryl methyl sites for hydroxylation is 1. The van der Waals surface area contributed by atoms with Gasteiger partial charge in [0.2, 0.25) is 0 Å². The Balaban J connectivity index is 1.65. The third kappa shape index (κ3) is 2.67. The average molecular weight is 288 g/mol. The second-order valence-electron chi connectivity index (χ2n) is 4.97. The molecule has 0 spiro atoms. The SMILES string of the molecule is Cc1nonc1CNC(=O)[C@@H]1CN(C)c2ccccc2O1. The molecule has 7 nitrogen and oxygen atoms in total. The van der Waals surface area contributed by atoms with Gasteiger partial charge in [0.1, 0.15) is 17.1 Å². The number of benzene rings is 1. The van der Waals surface area contributed by atoms with Crippen LogP contribution in [-0.2, 0) is 11.3 Å². The van der Waals surface area contributed by atoms with Crippen molar-refractivity contribution in [3.63, 3.8) is 0 Å². The van der Waals surface area contributed by atoms with E-state index in [-0.39, 0.29) is 12.5 Å². The molecule has 1 atom stereocenters. The fourth-order valence-electron chi connectivity index (χ4n) is 2.24. The van der Waals surface area contributed by atoms with Crippen molar-refractivity contribution in [1.29, 1.82) is 0 Å². The molecule has 0 fully saturated rings.